The van der Waals surface area contributed by atoms with E-state index in [2.05, 4.69) is 10.2 Å². The molecule has 162 valence electrons. The third-order valence-electron chi connectivity index (χ3n) is 5.43. The third-order valence-corrected chi connectivity index (χ3v) is 5.43. The van der Waals surface area contributed by atoms with Gasteiger partial charge < -0.3 is 19.5 Å². The van der Waals surface area contributed by atoms with Crippen LogP contribution >= 0.6 is 0 Å². The molecule has 1 unspecified atom stereocenters. The minimum absolute atomic E-state index is 0.0237. The minimum Gasteiger partial charge on any atom is -0.493 e. The van der Waals surface area contributed by atoms with E-state index in [-0.39, 0.29) is 17.6 Å². The van der Waals surface area contributed by atoms with Crippen LogP contribution in [0.3, 0.4) is 0 Å². The molecule has 0 aliphatic carbocycles. The van der Waals surface area contributed by atoms with E-state index in [1.54, 1.807) is 39.5 Å². The number of methoxy groups -OCH3 is 3. The Balaban J connectivity index is 1.60. The Bertz CT molecular complexity index is 857. The summed E-state index contributed by atoms with van der Waals surface area (Å²) < 4.78 is 29.3. The number of nitrogens with one attached hydrogen (secondary N) is 1. The Morgan fingerprint density at radius 3 is 2.47 bits per heavy atom. The van der Waals surface area contributed by atoms with Crippen molar-refractivity contribution in [3.63, 3.8) is 0 Å². The smallest absolute Gasteiger partial charge is 0.224 e. The van der Waals surface area contributed by atoms with Gasteiger partial charge in [-0.25, -0.2) is 4.39 Å². The van der Waals surface area contributed by atoms with E-state index in [9.17, 15) is 9.18 Å². The second kappa shape index (κ2) is 10.3. The Hall–Kier alpha value is -2.80. The van der Waals surface area contributed by atoms with Gasteiger partial charge in [0, 0.05) is 25.2 Å². The molecule has 1 fully saturated rings. The van der Waals surface area contributed by atoms with Gasteiger partial charge in [0.1, 0.15) is 5.82 Å². The molecule has 2 aromatic carbocycles. The predicted molar refractivity (Wildman–Crippen MR) is 112 cm³/mol. The average molecular weight is 416 g/mol. The Kier molecular flexibility index (Phi) is 7.52. The Labute approximate surface area is 176 Å². The molecule has 0 bridgehead atoms. The number of ether oxygens (including phenoxy) is 3. The second-order valence-corrected chi connectivity index (χ2v) is 7.41. The van der Waals surface area contributed by atoms with E-state index in [4.69, 9.17) is 14.2 Å². The number of nitrogens with zero attached hydrogens (tertiary/aromatic N) is 1. The summed E-state index contributed by atoms with van der Waals surface area (Å²) in [5, 5.41) is 3.03. The molecular formula is C23H29FN2O4. The lowest BCUT2D eigenvalue weighted by atomic mass is 9.96. The maximum atomic E-state index is 13.1. The molecule has 0 radical (unpaired) electrons. The summed E-state index contributed by atoms with van der Waals surface area (Å²) in [6.45, 7) is 2.68. The van der Waals surface area contributed by atoms with Gasteiger partial charge in [0.15, 0.2) is 11.5 Å². The molecule has 2 aromatic rings. The summed E-state index contributed by atoms with van der Waals surface area (Å²) in [4.78, 5) is 15.1. The lowest BCUT2D eigenvalue weighted by Gasteiger charge is -2.32. The maximum Gasteiger partial charge on any atom is 0.224 e. The van der Waals surface area contributed by atoms with Crippen LogP contribution in [0.2, 0.25) is 0 Å². The van der Waals surface area contributed by atoms with Crippen LogP contribution in [0, 0.1) is 11.7 Å². The van der Waals surface area contributed by atoms with Crippen LogP contribution in [0.1, 0.15) is 24.0 Å². The lowest BCUT2D eigenvalue weighted by Crippen LogP contribution is -2.42. The molecule has 0 saturated carbocycles. The fourth-order valence-electron chi connectivity index (χ4n) is 3.89. The SMILES string of the molecule is COc1ccc(CNC(=O)C2CCCN(Cc3ccc(F)cc3)C2)c(OC)c1OC. The van der Waals surface area contributed by atoms with Gasteiger partial charge in [0.2, 0.25) is 11.7 Å². The molecule has 7 heteroatoms. The summed E-state index contributed by atoms with van der Waals surface area (Å²) in [5.41, 5.74) is 1.87. The first-order valence-corrected chi connectivity index (χ1v) is 10.1. The van der Waals surface area contributed by atoms with Crippen molar-refractivity contribution in [2.45, 2.75) is 25.9 Å². The molecule has 1 saturated heterocycles. The minimum atomic E-state index is -0.236. The number of hydrogen-bond acceptors (Lipinski definition) is 5. The molecule has 1 aliphatic heterocycles. The molecule has 1 heterocycles. The molecule has 1 aliphatic rings. The number of likely N-dealkylation sites (tertiary alicyclic amines) is 1. The van der Waals surface area contributed by atoms with Crippen molar-refractivity contribution in [2.24, 2.45) is 5.92 Å². The number of amides is 1. The van der Waals surface area contributed by atoms with Crippen molar-refractivity contribution in [3.05, 3.63) is 53.3 Å². The van der Waals surface area contributed by atoms with Crippen LogP contribution in [0.15, 0.2) is 36.4 Å². The van der Waals surface area contributed by atoms with Crippen molar-refractivity contribution in [1.29, 1.82) is 0 Å². The first-order valence-electron chi connectivity index (χ1n) is 10.1. The molecule has 6 nitrogen and oxygen atoms in total. The number of halogens is 1. The number of hydrogen-bond donors (Lipinski definition) is 1. The fourth-order valence-corrected chi connectivity index (χ4v) is 3.89. The van der Waals surface area contributed by atoms with Gasteiger partial charge in [-0.2, -0.15) is 0 Å². The van der Waals surface area contributed by atoms with Gasteiger partial charge in [-0.1, -0.05) is 12.1 Å². The summed E-state index contributed by atoms with van der Waals surface area (Å²) in [5.74, 6) is 1.35. The topological polar surface area (TPSA) is 60.0 Å². The van der Waals surface area contributed by atoms with Gasteiger partial charge >= 0.3 is 0 Å². The second-order valence-electron chi connectivity index (χ2n) is 7.41. The first-order chi connectivity index (χ1) is 14.5. The molecule has 3 rings (SSSR count). The van der Waals surface area contributed by atoms with Crippen LogP contribution in [0.5, 0.6) is 17.2 Å². The molecule has 1 atom stereocenters. The van der Waals surface area contributed by atoms with Crippen molar-refractivity contribution < 1.29 is 23.4 Å². The van der Waals surface area contributed by atoms with E-state index in [0.29, 0.717) is 36.9 Å². The van der Waals surface area contributed by atoms with E-state index < -0.39 is 0 Å². The van der Waals surface area contributed by atoms with Crippen LogP contribution in [0.25, 0.3) is 0 Å². The first kappa shape index (κ1) is 21.9. The molecular weight excluding hydrogens is 387 g/mol. The van der Waals surface area contributed by atoms with Gasteiger partial charge in [-0.05, 0) is 49.2 Å². The summed E-state index contributed by atoms with van der Waals surface area (Å²) in [7, 11) is 4.69. The molecule has 1 amide bonds. The van der Waals surface area contributed by atoms with Gasteiger partial charge in [0.05, 0.1) is 27.2 Å². The van der Waals surface area contributed by atoms with Crippen molar-refractivity contribution in [3.8, 4) is 17.2 Å². The quantitative estimate of drug-likeness (QED) is 0.715. The monoisotopic (exact) mass is 416 g/mol. The number of benzene rings is 2. The van der Waals surface area contributed by atoms with E-state index in [0.717, 1.165) is 30.5 Å². The highest BCUT2D eigenvalue weighted by Crippen LogP contribution is 2.39. The molecule has 1 N–H and O–H groups in total. The highest BCUT2D eigenvalue weighted by molar-refractivity contribution is 5.79. The van der Waals surface area contributed by atoms with E-state index in [1.165, 1.54) is 12.1 Å². The van der Waals surface area contributed by atoms with Crippen molar-refractivity contribution in [1.82, 2.24) is 10.2 Å². The summed E-state index contributed by atoms with van der Waals surface area (Å²) in [6, 6.07) is 10.2. The maximum absolute atomic E-state index is 13.1. The number of carbonyl (C=O) groups is 1. The van der Waals surface area contributed by atoms with E-state index >= 15 is 0 Å². The normalized spacial score (nSPS) is 16.7. The zero-order valence-electron chi connectivity index (χ0n) is 17.7. The molecule has 30 heavy (non-hydrogen) atoms. The lowest BCUT2D eigenvalue weighted by molar-refractivity contribution is -0.126. The predicted octanol–water partition coefficient (Wildman–Crippen LogP) is 3.38. The van der Waals surface area contributed by atoms with Gasteiger partial charge in [-0.3, -0.25) is 9.69 Å². The van der Waals surface area contributed by atoms with Gasteiger partial charge in [-0.15, -0.1) is 0 Å². The van der Waals surface area contributed by atoms with Crippen molar-refractivity contribution >= 4 is 5.91 Å². The van der Waals surface area contributed by atoms with Crippen LogP contribution in [-0.2, 0) is 17.9 Å². The van der Waals surface area contributed by atoms with Crippen LogP contribution < -0.4 is 19.5 Å². The zero-order chi connectivity index (χ0) is 21.5. The standard InChI is InChI=1S/C23H29FN2O4/c1-28-20-11-8-17(21(29-2)22(20)30-3)13-25-23(27)18-5-4-12-26(15-18)14-16-6-9-19(24)10-7-16/h6-11,18H,4-5,12-15H2,1-3H3,(H,25,27). The number of carbonyl (C=O) groups excluding carboxylic acids is 1. The zero-order valence-corrected chi connectivity index (χ0v) is 17.7. The highest BCUT2D eigenvalue weighted by Gasteiger charge is 2.26. The van der Waals surface area contributed by atoms with Gasteiger partial charge in [0.25, 0.3) is 0 Å². The summed E-state index contributed by atoms with van der Waals surface area (Å²) >= 11 is 0. The Morgan fingerprint density at radius 1 is 1.07 bits per heavy atom. The van der Waals surface area contributed by atoms with Crippen LogP contribution in [-0.4, -0.2) is 45.2 Å². The summed E-state index contributed by atoms with van der Waals surface area (Å²) in [6.07, 6.45) is 1.81. The Morgan fingerprint density at radius 2 is 1.80 bits per heavy atom. The van der Waals surface area contributed by atoms with Crippen molar-refractivity contribution in [2.75, 3.05) is 34.4 Å². The highest BCUT2D eigenvalue weighted by atomic mass is 19.1. The fraction of sp³-hybridized carbons (Fsp3) is 0.435. The third kappa shape index (κ3) is 5.21. The van der Waals surface area contributed by atoms with Crippen LogP contribution in [0.4, 0.5) is 4.39 Å². The molecule has 0 spiro atoms. The number of rotatable bonds is 8. The number of piperidine rings is 1. The molecule has 0 aromatic heterocycles. The largest absolute Gasteiger partial charge is 0.493 e. The van der Waals surface area contributed by atoms with E-state index in [1.807, 2.05) is 6.07 Å². The average Bonchev–Trinajstić information content (AvgIpc) is 2.78.